The number of amides is 1. The van der Waals surface area contributed by atoms with Gasteiger partial charge in [-0.3, -0.25) is 4.79 Å². The second-order valence-corrected chi connectivity index (χ2v) is 6.23. The number of carboxylic acids is 1. The van der Waals surface area contributed by atoms with Crippen LogP contribution in [-0.4, -0.2) is 42.5 Å². The summed E-state index contributed by atoms with van der Waals surface area (Å²) in [4.78, 5) is 23.3. The molecule has 1 amide bonds. The summed E-state index contributed by atoms with van der Waals surface area (Å²) >= 11 is 0. The summed E-state index contributed by atoms with van der Waals surface area (Å²) in [7, 11) is 0. The summed E-state index contributed by atoms with van der Waals surface area (Å²) in [6.07, 6.45) is 1.12. The first kappa shape index (κ1) is 16.8. The Balaban J connectivity index is 2.65. The Morgan fingerprint density at radius 2 is 1.90 bits per heavy atom. The zero-order valence-corrected chi connectivity index (χ0v) is 12.7. The van der Waals surface area contributed by atoms with Crippen LogP contribution in [0.25, 0.3) is 0 Å². The van der Waals surface area contributed by atoms with Crippen LogP contribution in [0.15, 0.2) is 0 Å². The average Bonchev–Trinajstić information content (AvgIpc) is 3.11. The molecule has 0 aromatic heterocycles. The van der Waals surface area contributed by atoms with Crippen LogP contribution < -0.4 is 5.32 Å². The molecular weight excluding hydrogens is 262 g/mol. The van der Waals surface area contributed by atoms with Gasteiger partial charge in [-0.25, -0.2) is 4.79 Å². The summed E-state index contributed by atoms with van der Waals surface area (Å²) < 4.78 is 10.5. The highest BCUT2D eigenvalue weighted by Gasteiger charge is 2.51. The third-order valence-electron chi connectivity index (χ3n) is 3.30. The Bertz CT molecular complexity index is 359. The molecule has 6 heteroatoms. The molecule has 2 N–H and O–H groups in total. The van der Waals surface area contributed by atoms with E-state index in [9.17, 15) is 14.7 Å². The Kier molecular flexibility index (Phi) is 5.39. The third-order valence-corrected chi connectivity index (χ3v) is 3.30. The Morgan fingerprint density at radius 3 is 2.30 bits per heavy atom. The topological polar surface area (TPSA) is 84.9 Å². The van der Waals surface area contributed by atoms with Crippen molar-refractivity contribution in [1.82, 2.24) is 5.32 Å². The quantitative estimate of drug-likeness (QED) is 0.748. The van der Waals surface area contributed by atoms with Crippen molar-refractivity contribution in [2.24, 2.45) is 11.3 Å². The molecule has 0 spiro atoms. The van der Waals surface area contributed by atoms with Gasteiger partial charge in [0.25, 0.3) is 0 Å². The highest BCUT2D eigenvalue weighted by atomic mass is 16.6. The van der Waals surface area contributed by atoms with E-state index in [1.807, 2.05) is 6.92 Å². The smallest absolute Gasteiger partial charge is 0.407 e. The van der Waals surface area contributed by atoms with E-state index in [1.54, 1.807) is 20.8 Å². The first-order valence-corrected chi connectivity index (χ1v) is 6.99. The number of carbonyl (C=O) groups excluding carboxylic acids is 1. The summed E-state index contributed by atoms with van der Waals surface area (Å²) in [5.74, 6) is -0.869. The van der Waals surface area contributed by atoms with Gasteiger partial charge < -0.3 is 19.9 Å². The molecular formula is C14H25NO5. The van der Waals surface area contributed by atoms with Gasteiger partial charge >= 0.3 is 12.1 Å². The average molecular weight is 287 g/mol. The van der Waals surface area contributed by atoms with Crippen LogP contribution in [0.5, 0.6) is 0 Å². The second-order valence-electron chi connectivity index (χ2n) is 6.23. The summed E-state index contributed by atoms with van der Waals surface area (Å²) in [6, 6.07) is 0. The first-order chi connectivity index (χ1) is 9.21. The van der Waals surface area contributed by atoms with Gasteiger partial charge in [-0.2, -0.15) is 0 Å². The molecule has 1 fully saturated rings. The molecule has 1 aliphatic carbocycles. The first-order valence-electron chi connectivity index (χ1n) is 6.99. The largest absolute Gasteiger partial charge is 0.481 e. The van der Waals surface area contributed by atoms with Crippen LogP contribution in [0.2, 0.25) is 0 Å². The molecule has 0 aromatic rings. The van der Waals surface area contributed by atoms with Crippen molar-refractivity contribution in [2.75, 3.05) is 19.8 Å². The molecule has 1 saturated carbocycles. The number of carboxylic acid groups (broad SMARTS) is 1. The molecule has 0 aliphatic heterocycles. The van der Waals surface area contributed by atoms with Crippen molar-refractivity contribution in [1.29, 1.82) is 0 Å². The van der Waals surface area contributed by atoms with E-state index in [2.05, 4.69) is 5.32 Å². The van der Waals surface area contributed by atoms with E-state index in [1.165, 1.54) is 0 Å². The number of aliphatic carboxylic acids is 1. The van der Waals surface area contributed by atoms with E-state index in [0.717, 1.165) is 12.8 Å². The number of hydrogen-bond donors (Lipinski definition) is 2. The molecule has 20 heavy (non-hydrogen) atoms. The van der Waals surface area contributed by atoms with Crippen LogP contribution in [0.4, 0.5) is 4.79 Å². The molecule has 0 saturated heterocycles. The van der Waals surface area contributed by atoms with Gasteiger partial charge in [0.2, 0.25) is 0 Å². The lowest BCUT2D eigenvalue weighted by Crippen LogP contribution is -2.48. The van der Waals surface area contributed by atoms with Crippen LogP contribution in [-0.2, 0) is 14.3 Å². The van der Waals surface area contributed by atoms with Crippen molar-refractivity contribution >= 4 is 12.1 Å². The maximum atomic E-state index is 11.7. The molecule has 116 valence electrons. The van der Waals surface area contributed by atoms with Crippen molar-refractivity contribution in [3.8, 4) is 0 Å². The molecule has 1 aliphatic rings. The van der Waals surface area contributed by atoms with Gasteiger partial charge in [-0.05, 0) is 46.5 Å². The van der Waals surface area contributed by atoms with E-state index >= 15 is 0 Å². The van der Waals surface area contributed by atoms with Gasteiger partial charge in [-0.15, -0.1) is 0 Å². The van der Waals surface area contributed by atoms with Crippen LogP contribution in [0.3, 0.4) is 0 Å². The minimum Gasteiger partial charge on any atom is -0.481 e. The summed E-state index contributed by atoms with van der Waals surface area (Å²) in [5.41, 5.74) is -1.65. The molecule has 1 unspecified atom stereocenters. The molecule has 1 rings (SSSR count). The standard InChI is InChI=1S/C14H25NO5/c1-5-19-9-14(11(16)17,10-6-7-10)8-15-12(18)20-13(2,3)4/h10H,5-9H2,1-4H3,(H,15,18)(H,16,17). The van der Waals surface area contributed by atoms with Crippen molar-refractivity contribution in [3.05, 3.63) is 0 Å². The fourth-order valence-electron chi connectivity index (χ4n) is 2.09. The fourth-order valence-corrected chi connectivity index (χ4v) is 2.09. The molecule has 0 heterocycles. The van der Waals surface area contributed by atoms with E-state index in [4.69, 9.17) is 9.47 Å². The van der Waals surface area contributed by atoms with Gasteiger partial charge in [0.1, 0.15) is 11.0 Å². The van der Waals surface area contributed by atoms with Crippen LogP contribution >= 0.6 is 0 Å². The summed E-state index contributed by atoms with van der Waals surface area (Å²) in [6.45, 7) is 7.70. The molecule has 1 atom stereocenters. The number of ether oxygens (including phenoxy) is 2. The molecule has 6 nitrogen and oxygen atoms in total. The monoisotopic (exact) mass is 287 g/mol. The number of hydrogen-bond acceptors (Lipinski definition) is 4. The normalized spacial score (nSPS) is 18.2. The van der Waals surface area contributed by atoms with Gasteiger partial charge in [0.05, 0.1) is 6.61 Å². The van der Waals surface area contributed by atoms with Crippen molar-refractivity contribution in [2.45, 2.75) is 46.1 Å². The Morgan fingerprint density at radius 1 is 1.30 bits per heavy atom. The van der Waals surface area contributed by atoms with E-state index < -0.39 is 23.1 Å². The van der Waals surface area contributed by atoms with Crippen LogP contribution in [0, 0.1) is 11.3 Å². The predicted molar refractivity (Wildman–Crippen MR) is 73.5 cm³/mol. The van der Waals surface area contributed by atoms with Gasteiger partial charge in [0.15, 0.2) is 0 Å². The lowest BCUT2D eigenvalue weighted by Gasteiger charge is -2.30. The minimum absolute atomic E-state index is 0.0297. The minimum atomic E-state index is -1.05. The molecule has 0 radical (unpaired) electrons. The zero-order valence-electron chi connectivity index (χ0n) is 12.7. The SMILES string of the molecule is CCOCC(CNC(=O)OC(C)(C)C)(C(=O)O)C1CC1. The predicted octanol–water partition coefficient (Wildman–Crippen LogP) is 2.03. The Labute approximate surface area is 119 Å². The van der Waals surface area contributed by atoms with Crippen molar-refractivity contribution in [3.63, 3.8) is 0 Å². The number of nitrogens with one attached hydrogen (secondary N) is 1. The Hall–Kier alpha value is -1.30. The van der Waals surface area contributed by atoms with Gasteiger partial charge in [0, 0.05) is 13.2 Å². The number of alkyl carbamates (subject to hydrolysis) is 1. The summed E-state index contributed by atoms with van der Waals surface area (Å²) in [5, 5.41) is 12.1. The maximum absolute atomic E-state index is 11.7. The zero-order chi connectivity index (χ0) is 15.4. The second kappa shape index (κ2) is 6.43. The van der Waals surface area contributed by atoms with Gasteiger partial charge in [-0.1, -0.05) is 0 Å². The lowest BCUT2D eigenvalue weighted by atomic mass is 9.83. The van der Waals surface area contributed by atoms with Crippen LogP contribution in [0.1, 0.15) is 40.5 Å². The highest BCUT2D eigenvalue weighted by molar-refractivity contribution is 5.77. The van der Waals surface area contributed by atoms with E-state index in [0.29, 0.717) is 6.61 Å². The number of rotatable bonds is 7. The maximum Gasteiger partial charge on any atom is 0.407 e. The van der Waals surface area contributed by atoms with E-state index in [-0.39, 0.29) is 19.1 Å². The molecule has 0 aromatic carbocycles. The highest BCUT2D eigenvalue weighted by Crippen LogP contribution is 2.46. The van der Waals surface area contributed by atoms with Crippen molar-refractivity contribution < 1.29 is 24.2 Å². The lowest BCUT2D eigenvalue weighted by molar-refractivity contribution is -0.154. The number of carbonyl (C=O) groups is 2. The third kappa shape index (κ3) is 4.67. The fraction of sp³-hybridized carbons (Fsp3) is 0.857. The molecule has 0 bridgehead atoms.